The molecule has 0 saturated carbocycles. The van der Waals surface area contributed by atoms with Crippen LogP contribution < -0.4 is 10.1 Å². The van der Waals surface area contributed by atoms with Crippen molar-refractivity contribution in [3.8, 4) is 5.75 Å². The molecule has 1 unspecified atom stereocenters. The van der Waals surface area contributed by atoms with Gasteiger partial charge in [-0.25, -0.2) is 0 Å². The smallest absolute Gasteiger partial charge is 0.262 e. The van der Waals surface area contributed by atoms with Gasteiger partial charge in [-0.15, -0.1) is 0 Å². The Bertz CT molecular complexity index is 421. The summed E-state index contributed by atoms with van der Waals surface area (Å²) < 4.78 is 5.69. The summed E-state index contributed by atoms with van der Waals surface area (Å²) in [5.41, 5.74) is 0.861. The van der Waals surface area contributed by atoms with Crippen molar-refractivity contribution in [2.45, 2.75) is 19.6 Å². The summed E-state index contributed by atoms with van der Waals surface area (Å²) in [5.74, 6) is 0.560. The third-order valence-electron chi connectivity index (χ3n) is 2.52. The number of halogens is 1. The molecule has 4 nitrogen and oxygen atoms in total. The minimum atomic E-state index is -0.533. The molecule has 0 aliphatic rings. The number of ether oxygens (including phenoxy) is 1. The lowest BCUT2D eigenvalue weighted by Gasteiger charge is -2.20. The van der Waals surface area contributed by atoms with Crippen LogP contribution in [0.3, 0.4) is 0 Å². The predicted molar refractivity (Wildman–Crippen MR) is 73.0 cm³/mol. The first-order chi connectivity index (χ1) is 8.47. The highest BCUT2D eigenvalue weighted by atomic mass is 35.5. The van der Waals surface area contributed by atoms with E-state index in [1.165, 1.54) is 4.90 Å². The minimum absolute atomic E-state index is 0.0783. The van der Waals surface area contributed by atoms with Gasteiger partial charge in [-0.05, 0) is 26.1 Å². The zero-order valence-corrected chi connectivity index (χ0v) is 11.9. The summed E-state index contributed by atoms with van der Waals surface area (Å²) in [6.07, 6.45) is -0.533. The molecule has 0 heterocycles. The Kier molecular flexibility index (Phi) is 5.44. The van der Waals surface area contributed by atoms with Crippen LogP contribution in [-0.4, -0.2) is 38.1 Å². The SMILES string of the molecule is CNCc1c(Cl)cccc1OC(C)C(=O)N(C)C. The molecule has 1 aromatic carbocycles. The van der Waals surface area contributed by atoms with Gasteiger partial charge in [-0.1, -0.05) is 17.7 Å². The molecule has 1 rings (SSSR count). The van der Waals surface area contributed by atoms with Gasteiger partial charge in [0.2, 0.25) is 0 Å². The van der Waals surface area contributed by atoms with Gasteiger partial charge in [0.1, 0.15) is 5.75 Å². The van der Waals surface area contributed by atoms with Crippen molar-refractivity contribution in [1.82, 2.24) is 10.2 Å². The zero-order chi connectivity index (χ0) is 13.7. The Hall–Kier alpha value is -1.26. The number of carbonyl (C=O) groups excluding carboxylic acids is 1. The summed E-state index contributed by atoms with van der Waals surface area (Å²) >= 11 is 6.12. The van der Waals surface area contributed by atoms with Crippen molar-refractivity contribution >= 4 is 17.5 Å². The van der Waals surface area contributed by atoms with Gasteiger partial charge in [0.15, 0.2) is 6.10 Å². The van der Waals surface area contributed by atoms with E-state index in [0.717, 1.165) is 5.56 Å². The number of amides is 1. The predicted octanol–water partition coefficient (Wildman–Crippen LogP) is 1.91. The molecule has 1 N–H and O–H groups in total. The highest BCUT2D eigenvalue weighted by Crippen LogP contribution is 2.27. The van der Waals surface area contributed by atoms with Crippen LogP contribution in [0.25, 0.3) is 0 Å². The van der Waals surface area contributed by atoms with Gasteiger partial charge < -0.3 is 15.0 Å². The van der Waals surface area contributed by atoms with Crippen LogP contribution in [0.5, 0.6) is 5.75 Å². The fourth-order valence-electron chi connectivity index (χ4n) is 1.60. The fourth-order valence-corrected chi connectivity index (χ4v) is 1.83. The lowest BCUT2D eigenvalue weighted by Crippen LogP contribution is -2.35. The minimum Gasteiger partial charge on any atom is -0.481 e. The standard InChI is InChI=1S/C13H19ClN2O2/c1-9(13(17)16(3)4)18-12-7-5-6-11(14)10(12)8-15-2/h5-7,9,15H,8H2,1-4H3. The number of rotatable bonds is 5. The Morgan fingerprint density at radius 3 is 2.72 bits per heavy atom. The molecule has 0 aromatic heterocycles. The monoisotopic (exact) mass is 270 g/mol. The highest BCUT2D eigenvalue weighted by Gasteiger charge is 2.18. The quantitative estimate of drug-likeness (QED) is 0.889. The molecule has 0 saturated heterocycles. The maximum absolute atomic E-state index is 11.8. The Morgan fingerprint density at radius 2 is 2.17 bits per heavy atom. The van der Waals surface area contributed by atoms with Crippen LogP contribution in [0.15, 0.2) is 18.2 Å². The van der Waals surface area contributed by atoms with Gasteiger partial charge in [0.25, 0.3) is 5.91 Å². The lowest BCUT2D eigenvalue weighted by molar-refractivity contribution is -0.135. The second-order valence-electron chi connectivity index (χ2n) is 4.24. The molecule has 0 aliphatic carbocycles. The van der Waals surface area contributed by atoms with E-state index in [0.29, 0.717) is 17.3 Å². The van der Waals surface area contributed by atoms with Crippen molar-refractivity contribution in [1.29, 1.82) is 0 Å². The number of likely N-dealkylation sites (N-methyl/N-ethyl adjacent to an activating group) is 1. The van der Waals surface area contributed by atoms with Gasteiger partial charge >= 0.3 is 0 Å². The lowest BCUT2D eigenvalue weighted by atomic mass is 10.2. The molecule has 0 spiro atoms. The van der Waals surface area contributed by atoms with E-state index in [-0.39, 0.29) is 5.91 Å². The van der Waals surface area contributed by atoms with E-state index >= 15 is 0 Å². The van der Waals surface area contributed by atoms with Crippen LogP contribution in [0, 0.1) is 0 Å². The maximum Gasteiger partial charge on any atom is 0.262 e. The molecule has 5 heteroatoms. The van der Waals surface area contributed by atoms with Gasteiger partial charge in [-0.3, -0.25) is 4.79 Å². The van der Waals surface area contributed by atoms with E-state index in [9.17, 15) is 4.79 Å². The van der Waals surface area contributed by atoms with Crippen LogP contribution in [0.1, 0.15) is 12.5 Å². The Labute approximate surface area is 113 Å². The van der Waals surface area contributed by atoms with Crippen molar-refractivity contribution in [2.24, 2.45) is 0 Å². The summed E-state index contributed by atoms with van der Waals surface area (Å²) in [6.45, 7) is 2.32. The van der Waals surface area contributed by atoms with Crippen LogP contribution in [0.4, 0.5) is 0 Å². The van der Waals surface area contributed by atoms with E-state index in [1.54, 1.807) is 27.1 Å². The second kappa shape index (κ2) is 6.61. The van der Waals surface area contributed by atoms with Crippen LogP contribution in [-0.2, 0) is 11.3 Å². The van der Waals surface area contributed by atoms with Crippen molar-refractivity contribution in [3.63, 3.8) is 0 Å². The summed E-state index contributed by atoms with van der Waals surface area (Å²) in [7, 11) is 5.24. The van der Waals surface area contributed by atoms with Gasteiger partial charge in [0, 0.05) is 31.2 Å². The molecular formula is C13H19ClN2O2. The third kappa shape index (κ3) is 3.62. The van der Waals surface area contributed by atoms with E-state index in [4.69, 9.17) is 16.3 Å². The average Bonchev–Trinajstić information content (AvgIpc) is 2.32. The molecule has 0 aliphatic heterocycles. The molecule has 1 amide bonds. The molecule has 18 heavy (non-hydrogen) atoms. The normalized spacial score (nSPS) is 12.1. The number of nitrogens with zero attached hydrogens (tertiary/aromatic N) is 1. The van der Waals surface area contributed by atoms with E-state index in [1.807, 2.05) is 19.2 Å². The number of hydrogen-bond acceptors (Lipinski definition) is 3. The second-order valence-corrected chi connectivity index (χ2v) is 4.65. The van der Waals surface area contributed by atoms with E-state index < -0.39 is 6.10 Å². The number of benzene rings is 1. The summed E-state index contributed by atoms with van der Waals surface area (Å²) in [4.78, 5) is 13.3. The van der Waals surface area contributed by atoms with Crippen molar-refractivity contribution in [3.05, 3.63) is 28.8 Å². The zero-order valence-electron chi connectivity index (χ0n) is 11.2. The molecule has 0 radical (unpaired) electrons. The fraction of sp³-hybridized carbons (Fsp3) is 0.462. The average molecular weight is 271 g/mol. The molecule has 1 aromatic rings. The van der Waals surface area contributed by atoms with Crippen molar-refractivity contribution in [2.75, 3.05) is 21.1 Å². The molecule has 0 bridgehead atoms. The van der Waals surface area contributed by atoms with Crippen molar-refractivity contribution < 1.29 is 9.53 Å². The topological polar surface area (TPSA) is 41.6 Å². The summed E-state index contributed by atoms with van der Waals surface area (Å²) in [6, 6.07) is 5.43. The third-order valence-corrected chi connectivity index (χ3v) is 2.88. The Morgan fingerprint density at radius 1 is 1.50 bits per heavy atom. The first-order valence-corrected chi connectivity index (χ1v) is 6.15. The molecule has 100 valence electrons. The first kappa shape index (κ1) is 14.8. The maximum atomic E-state index is 11.8. The molecule has 1 atom stereocenters. The Balaban J connectivity index is 2.90. The van der Waals surface area contributed by atoms with Crippen LogP contribution >= 0.6 is 11.6 Å². The summed E-state index contributed by atoms with van der Waals surface area (Å²) in [5, 5.41) is 3.66. The van der Waals surface area contributed by atoms with Gasteiger partial charge in [0.05, 0.1) is 0 Å². The molecular weight excluding hydrogens is 252 g/mol. The number of nitrogens with one attached hydrogen (secondary N) is 1. The largest absolute Gasteiger partial charge is 0.481 e. The highest BCUT2D eigenvalue weighted by molar-refractivity contribution is 6.31. The van der Waals surface area contributed by atoms with Crippen LogP contribution in [0.2, 0.25) is 5.02 Å². The van der Waals surface area contributed by atoms with E-state index in [2.05, 4.69) is 5.32 Å². The van der Waals surface area contributed by atoms with Gasteiger partial charge in [-0.2, -0.15) is 0 Å². The first-order valence-electron chi connectivity index (χ1n) is 5.77. The number of carbonyl (C=O) groups is 1. The molecule has 0 fully saturated rings. The number of hydrogen-bond donors (Lipinski definition) is 1.